The van der Waals surface area contributed by atoms with Gasteiger partial charge in [-0.15, -0.1) is 0 Å². The lowest BCUT2D eigenvalue weighted by atomic mass is 10.1. The summed E-state index contributed by atoms with van der Waals surface area (Å²) in [6.45, 7) is 4.18. The number of benzene rings is 1. The number of fused-ring (bicyclic) bond motifs is 1. The fraction of sp³-hybridized carbons (Fsp3) is 0.100. The highest BCUT2D eigenvalue weighted by Crippen LogP contribution is 2.31. The minimum atomic E-state index is 0.922. The standard InChI is InChI=1S/C20H18N4/c1-14-9-12-24-18(13-14)23-19(16-7-10-21-11-8-16)20(24)22-17-6-4-3-5-15(17)2/h3-13,22H,1-2H3. The van der Waals surface area contributed by atoms with Gasteiger partial charge in [0.25, 0.3) is 0 Å². The molecule has 4 nitrogen and oxygen atoms in total. The SMILES string of the molecule is Cc1ccn2c(Nc3ccccc3C)c(-c3ccncc3)nc2c1. The van der Waals surface area contributed by atoms with Crippen molar-refractivity contribution in [3.8, 4) is 11.3 Å². The molecule has 24 heavy (non-hydrogen) atoms. The van der Waals surface area contributed by atoms with Gasteiger partial charge in [-0.2, -0.15) is 0 Å². The largest absolute Gasteiger partial charge is 0.339 e. The topological polar surface area (TPSA) is 42.2 Å². The summed E-state index contributed by atoms with van der Waals surface area (Å²) in [4.78, 5) is 8.95. The van der Waals surface area contributed by atoms with Crippen LogP contribution in [0.2, 0.25) is 0 Å². The van der Waals surface area contributed by atoms with Crippen molar-refractivity contribution in [3.05, 3.63) is 78.2 Å². The molecule has 0 bridgehead atoms. The third kappa shape index (κ3) is 2.52. The molecule has 0 spiro atoms. The van der Waals surface area contributed by atoms with Gasteiger partial charge < -0.3 is 5.32 Å². The van der Waals surface area contributed by atoms with Gasteiger partial charge in [-0.25, -0.2) is 4.98 Å². The van der Waals surface area contributed by atoms with Crippen LogP contribution in [-0.2, 0) is 0 Å². The van der Waals surface area contributed by atoms with Crippen molar-refractivity contribution in [1.29, 1.82) is 0 Å². The molecule has 0 aliphatic heterocycles. The van der Waals surface area contributed by atoms with Crippen LogP contribution in [0.4, 0.5) is 11.5 Å². The third-order valence-corrected chi connectivity index (χ3v) is 4.13. The molecule has 0 fully saturated rings. The quantitative estimate of drug-likeness (QED) is 0.593. The molecule has 0 aliphatic carbocycles. The number of hydrogen-bond donors (Lipinski definition) is 1. The number of rotatable bonds is 3. The van der Waals surface area contributed by atoms with E-state index in [9.17, 15) is 0 Å². The van der Waals surface area contributed by atoms with Gasteiger partial charge in [0.2, 0.25) is 0 Å². The Morgan fingerprint density at radius 2 is 1.75 bits per heavy atom. The Labute approximate surface area is 140 Å². The van der Waals surface area contributed by atoms with E-state index in [1.54, 1.807) is 12.4 Å². The molecule has 3 heterocycles. The second kappa shape index (κ2) is 5.81. The first-order valence-electron chi connectivity index (χ1n) is 7.94. The van der Waals surface area contributed by atoms with Crippen molar-refractivity contribution in [3.63, 3.8) is 0 Å². The number of hydrogen-bond acceptors (Lipinski definition) is 3. The highest BCUT2D eigenvalue weighted by atomic mass is 15.1. The normalized spacial score (nSPS) is 10.9. The van der Waals surface area contributed by atoms with E-state index >= 15 is 0 Å². The number of anilines is 2. The number of nitrogens with zero attached hydrogens (tertiary/aromatic N) is 3. The predicted octanol–water partition coefficient (Wildman–Crippen LogP) is 4.76. The second-order valence-corrected chi connectivity index (χ2v) is 5.92. The average Bonchev–Trinajstić information content (AvgIpc) is 2.95. The van der Waals surface area contributed by atoms with Crippen LogP contribution in [0.15, 0.2) is 67.1 Å². The van der Waals surface area contributed by atoms with Crippen molar-refractivity contribution >= 4 is 17.2 Å². The first-order chi connectivity index (χ1) is 11.7. The van der Waals surface area contributed by atoms with Crippen molar-refractivity contribution in [2.45, 2.75) is 13.8 Å². The van der Waals surface area contributed by atoms with E-state index in [0.29, 0.717) is 0 Å². The van der Waals surface area contributed by atoms with Crippen LogP contribution in [0.3, 0.4) is 0 Å². The third-order valence-electron chi connectivity index (χ3n) is 4.13. The molecule has 3 aromatic heterocycles. The number of para-hydroxylation sites is 1. The molecule has 0 saturated heterocycles. The average molecular weight is 314 g/mol. The lowest BCUT2D eigenvalue weighted by molar-refractivity contribution is 1.17. The van der Waals surface area contributed by atoms with E-state index in [-0.39, 0.29) is 0 Å². The second-order valence-electron chi connectivity index (χ2n) is 5.92. The molecule has 4 rings (SSSR count). The van der Waals surface area contributed by atoms with E-state index in [1.165, 1.54) is 11.1 Å². The van der Waals surface area contributed by atoms with Crippen molar-refractivity contribution < 1.29 is 0 Å². The molecule has 118 valence electrons. The van der Waals surface area contributed by atoms with Crippen LogP contribution in [0.25, 0.3) is 16.9 Å². The van der Waals surface area contributed by atoms with Crippen LogP contribution in [-0.4, -0.2) is 14.4 Å². The van der Waals surface area contributed by atoms with E-state index in [2.05, 4.69) is 59.0 Å². The molecule has 0 saturated carbocycles. The number of aromatic nitrogens is 3. The molecular weight excluding hydrogens is 296 g/mol. The maximum atomic E-state index is 4.84. The zero-order valence-electron chi connectivity index (χ0n) is 13.7. The zero-order chi connectivity index (χ0) is 16.5. The lowest BCUT2D eigenvalue weighted by Gasteiger charge is -2.11. The maximum absolute atomic E-state index is 4.84. The highest BCUT2D eigenvalue weighted by molar-refractivity contribution is 5.80. The molecule has 1 N–H and O–H groups in total. The zero-order valence-corrected chi connectivity index (χ0v) is 13.7. The molecule has 4 heteroatoms. The number of pyridine rings is 2. The van der Waals surface area contributed by atoms with Crippen LogP contribution in [0, 0.1) is 13.8 Å². The van der Waals surface area contributed by atoms with Crippen molar-refractivity contribution in [2.75, 3.05) is 5.32 Å². The molecule has 1 aromatic carbocycles. The summed E-state index contributed by atoms with van der Waals surface area (Å²) < 4.78 is 2.09. The highest BCUT2D eigenvalue weighted by Gasteiger charge is 2.15. The predicted molar refractivity (Wildman–Crippen MR) is 97.6 cm³/mol. The fourth-order valence-corrected chi connectivity index (χ4v) is 2.82. The molecule has 0 amide bonds. The lowest BCUT2D eigenvalue weighted by Crippen LogP contribution is -1.98. The van der Waals surface area contributed by atoms with Gasteiger partial charge in [0, 0.05) is 29.8 Å². The van der Waals surface area contributed by atoms with Gasteiger partial charge in [-0.1, -0.05) is 18.2 Å². The van der Waals surface area contributed by atoms with Gasteiger partial charge in [0.15, 0.2) is 0 Å². The number of aryl methyl sites for hydroxylation is 2. The van der Waals surface area contributed by atoms with Gasteiger partial charge in [-0.3, -0.25) is 9.38 Å². The first kappa shape index (κ1) is 14.5. The summed E-state index contributed by atoms with van der Waals surface area (Å²) in [6.07, 6.45) is 5.65. The van der Waals surface area contributed by atoms with Gasteiger partial charge in [-0.05, 0) is 55.3 Å². The molecule has 0 radical (unpaired) electrons. The Morgan fingerprint density at radius 3 is 2.54 bits per heavy atom. The van der Waals surface area contributed by atoms with E-state index < -0.39 is 0 Å². The molecule has 0 atom stereocenters. The van der Waals surface area contributed by atoms with E-state index in [0.717, 1.165) is 28.4 Å². The van der Waals surface area contributed by atoms with E-state index in [4.69, 9.17) is 4.98 Å². The van der Waals surface area contributed by atoms with Gasteiger partial charge >= 0.3 is 0 Å². The van der Waals surface area contributed by atoms with Crippen LogP contribution >= 0.6 is 0 Å². The Balaban J connectivity index is 1.93. The van der Waals surface area contributed by atoms with Gasteiger partial charge in [0.05, 0.1) is 0 Å². The molecular formula is C20H18N4. The summed E-state index contributed by atoms with van der Waals surface area (Å²) in [6, 6.07) is 16.4. The minimum absolute atomic E-state index is 0.922. The smallest absolute Gasteiger partial charge is 0.143 e. The maximum Gasteiger partial charge on any atom is 0.143 e. The number of nitrogens with one attached hydrogen (secondary N) is 1. The van der Waals surface area contributed by atoms with E-state index in [1.807, 2.05) is 24.3 Å². The van der Waals surface area contributed by atoms with Crippen molar-refractivity contribution in [2.24, 2.45) is 0 Å². The Kier molecular flexibility index (Phi) is 3.50. The summed E-state index contributed by atoms with van der Waals surface area (Å²) >= 11 is 0. The molecule has 4 aromatic rings. The Bertz CT molecular complexity index is 1000. The summed E-state index contributed by atoms with van der Waals surface area (Å²) in [5.41, 5.74) is 6.36. The molecule has 0 unspecified atom stereocenters. The van der Waals surface area contributed by atoms with Crippen LogP contribution in [0.5, 0.6) is 0 Å². The summed E-state index contributed by atoms with van der Waals surface area (Å²) in [5, 5.41) is 3.56. The monoisotopic (exact) mass is 314 g/mol. The minimum Gasteiger partial charge on any atom is -0.339 e. The summed E-state index contributed by atoms with van der Waals surface area (Å²) in [7, 11) is 0. The van der Waals surface area contributed by atoms with Crippen LogP contribution < -0.4 is 5.32 Å². The van der Waals surface area contributed by atoms with Crippen molar-refractivity contribution in [1.82, 2.24) is 14.4 Å². The first-order valence-corrected chi connectivity index (χ1v) is 7.94. The molecule has 0 aliphatic rings. The Hall–Kier alpha value is -3.14. The Morgan fingerprint density at radius 1 is 0.958 bits per heavy atom. The van der Waals surface area contributed by atoms with Crippen LogP contribution in [0.1, 0.15) is 11.1 Å². The fourth-order valence-electron chi connectivity index (χ4n) is 2.82. The van der Waals surface area contributed by atoms with Gasteiger partial charge in [0.1, 0.15) is 17.2 Å². The number of imidazole rings is 1. The summed E-state index contributed by atoms with van der Waals surface area (Å²) in [5.74, 6) is 0.963.